The van der Waals surface area contributed by atoms with Crippen molar-refractivity contribution in [1.29, 1.82) is 5.26 Å². The van der Waals surface area contributed by atoms with Crippen LogP contribution >= 0.6 is 7.75 Å². The first kappa shape index (κ1) is 46.6. The van der Waals surface area contributed by atoms with E-state index in [-0.39, 0.29) is 30.5 Å². The average molecular weight is 843 g/mol. The number of nitrogens with zero attached hydrogens (tertiary/aromatic N) is 4. The lowest BCUT2D eigenvalue weighted by Gasteiger charge is -2.29. The van der Waals surface area contributed by atoms with Gasteiger partial charge < -0.3 is 33.9 Å². The van der Waals surface area contributed by atoms with Crippen LogP contribution in [-0.4, -0.2) is 82.6 Å². The summed E-state index contributed by atoms with van der Waals surface area (Å²) in [6, 6.07) is 11.5. The fraction of sp³-hybridized carbons (Fsp3) is 0.575. The average Bonchev–Trinajstić information content (AvgIpc) is 3.77. The number of unbranched alkanes of at least 4 members (excludes halogenated alkanes) is 4. The van der Waals surface area contributed by atoms with Crippen molar-refractivity contribution in [3.63, 3.8) is 0 Å². The van der Waals surface area contributed by atoms with E-state index in [1.54, 1.807) is 45.9 Å². The zero-order chi connectivity index (χ0) is 43.2. The minimum Gasteiger partial charge on any atom is -0.466 e. The maximum absolute atomic E-state index is 14.9. The van der Waals surface area contributed by atoms with Crippen molar-refractivity contribution in [2.75, 3.05) is 25.6 Å². The summed E-state index contributed by atoms with van der Waals surface area (Å²) in [6.07, 6.45) is 0.446. The Morgan fingerprint density at radius 2 is 1.58 bits per heavy atom. The van der Waals surface area contributed by atoms with Gasteiger partial charge in [-0.3, -0.25) is 23.7 Å². The van der Waals surface area contributed by atoms with Crippen LogP contribution in [0.4, 0.5) is 5.82 Å². The first-order valence-electron chi connectivity index (χ1n) is 19.9. The van der Waals surface area contributed by atoms with Crippen molar-refractivity contribution in [3.8, 4) is 11.8 Å². The normalized spacial score (nSPS) is 20.4. The van der Waals surface area contributed by atoms with Gasteiger partial charge in [0.25, 0.3) is 0 Å². The summed E-state index contributed by atoms with van der Waals surface area (Å²) in [5.74, 6) is -4.39. The maximum atomic E-state index is 14.9. The fourth-order valence-corrected chi connectivity index (χ4v) is 7.48. The van der Waals surface area contributed by atoms with E-state index >= 15 is 0 Å². The predicted octanol–water partition coefficient (Wildman–Crippen LogP) is 5.58. The van der Waals surface area contributed by atoms with E-state index in [0.29, 0.717) is 18.4 Å². The fourth-order valence-electron chi connectivity index (χ4n) is 5.98. The molecule has 1 aliphatic rings. The summed E-state index contributed by atoms with van der Waals surface area (Å²) >= 11 is 0. The number of rotatable bonds is 23. The number of fused-ring (bicyclic) bond motifs is 1. The molecule has 6 atom stereocenters. The monoisotopic (exact) mass is 842 g/mol. The lowest BCUT2D eigenvalue weighted by Crippen LogP contribution is -2.47. The maximum Gasteiger partial charge on any atom is 0.459 e. The number of nitriles is 1. The van der Waals surface area contributed by atoms with Crippen LogP contribution in [0.15, 0.2) is 48.8 Å². The Kier molecular flexibility index (Phi) is 17.2. The first-order chi connectivity index (χ1) is 28.2. The molecule has 3 heterocycles. The zero-order valence-electron chi connectivity index (χ0n) is 34.4. The van der Waals surface area contributed by atoms with Crippen LogP contribution in [0, 0.1) is 23.2 Å². The second-order valence-electron chi connectivity index (χ2n) is 14.6. The molecule has 1 aromatic carbocycles. The first-order valence-corrected chi connectivity index (χ1v) is 21.4. The minimum atomic E-state index is -4.75. The predicted molar refractivity (Wildman–Crippen MR) is 212 cm³/mol. The highest BCUT2D eigenvalue weighted by Gasteiger charge is 2.63. The number of hydrogen-bond acceptors (Lipinski definition) is 16. The molecule has 0 radical (unpaired) electrons. The van der Waals surface area contributed by atoms with Gasteiger partial charge in [0, 0.05) is 0 Å². The summed E-state index contributed by atoms with van der Waals surface area (Å²) in [5.41, 5.74) is 4.22. The number of hydrogen-bond donors (Lipinski definition) is 2. The number of para-hydroxylation sites is 1. The number of nitrogen functional groups attached to an aromatic ring is 1. The highest BCUT2D eigenvalue weighted by molar-refractivity contribution is 7.52. The van der Waals surface area contributed by atoms with E-state index in [0.717, 1.165) is 32.0 Å². The molecule has 0 aliphatic carbocycles. The van der Waals surface area contributed by atoms with Gasteiger partial charge in [-0.25, -0.2) is 14.1 Å². The molecule has 322 valence electrons. The van der Waals surface area contributed by atoms with Crippen molar-refractivity contribution < 1.29 is 56.5 Å². The molecule has 0 saturated carbocycles. The molecule has 1 fully saturated rings. The third kappa shape index (κ3) is 12.2. The van der Waals surface area contributed by atoms with Crippen LogP contribution < -0.4 is 15.3 Å². The molecule has 4 rings (SSSR count). The van der Waals surface area contributed by atoms with E-state index in [1.807, 2.05) is 13.8 Å². The van der Waals surface area contributed by atoms with Gasteiger partial charge in [0.05, 0.1) is 43.8 Å². The Morgan fingerprint density at radius 1 is 0.932 bits per heavy atom. The molecule has 0 spiro atoms. The van der Waals surface area contributed by atoms with Crippen molar-refractivity contribution in [2.24, 2.45) is 11.8 Å². The quantitative estimate of drug-likeness (QED) is 0.0512. The van der Waals surface area contributed by atoms with Crippen LogP contribution in [0.2, 0.25) is 0 Å². The van der Waals surface area contributed by atoms with Gasteiger partial charge in [-0.15, -0.1) is 0 Å². The number of carbonyl (C=O) groups excluding carboxylic acids is 4. The lowest BCUT2D eigenvalue weighted by atomic mass is 9.92. The zero-order valence-corrected chi connectivity index (χ0v) is 35.3. The molecule has 3 aromatic rings. The third-order valence-corrected chi connectivity index (χ3v) is 10.8. The van der Waals surface area contributed by atoms with E-state index in [9.17, 15) is 29.0 Å². The van der Waals surface area contributed by atoms with Crippen molar-refractivity contribution in [1.82, 2.24) is 19.7 Å². The smallest absolute Gasteiger partial charge is 0.459 e. The van der Waals surface area contributed by atoms with Gasteiger partial charge in [0.15, 0.2) is 18.0 Å². The largest absolute Gasteiger partial charge is 0.466 e. The van der Waals surface area contributed by atoms with Gasteiger partial charge in [-0.1, -0.05) is 85.4 Å². The molecule has 3 N–H and O–H groups in total. The number of aromatic nitrogens is 3. The molecule has 19 heteroatoms. The Morgan fingerprint density at radius 3 is 2.20 bits per heavy atom. The SMILES string of the molecule is CCCCCOC(=O)C[C@H](N[P@@](=O)(OC[C@H]1O[C@@](C#N)(c2ccc3c(N)ncnn23)[C@H](OC(=O)C(C)C)[C@@H]1OC(=O)C(C)C)Oc1ccccc1)C(=O)OCCCCC. The summed E-state index contributed by atoms with van der Waals surface area (Å²) in [5, 5.41) is 17.8. The highest BCUT2D eigenvalue weighted by Crippen LogP contribution is 2.49. The number of ether oxygens (including phenoxy) is 5. The summed E-state index contributed by atoms with van der Waals surface area (Å²) in [4.78, 5) is 57.1. The van der Waals surface area contributed by atoms with Crippen molar-refractivity contribution in [3.05, 3.63) is 54.5 Å². The third-order valence-electron chi connectivity index (χ3n) is 9.22. The van der Waals surface area contributed by atoms with E-state index < -0.39 is 86.4 Å². The molecule has 1 aliphatic heterocycles. The second kappa shape index (κ2) is 21.8. The minimum absolute atomic E-state index is 0.0393. The molecular weight excluding hydrogens is 787 g/mol. The van der Waals surface area contributed by atoms with Crippen LogP contribution in [-0.2, 0) is 57.6 Å². The van der Waals surface area contributed by atoms with Gasteiger partial charge in [-0.05, 0) is 37.1 Å². The number of anilines is 1. The number of nitrogens with two attached hydrogens (primary N) is 1. The van der Waals surface area contributed by atoms with Crippen LogP contribution in [0.5, 0.6) is 5.75 Å². The molecular formula is C40H55N6O12P. The summed E-state index contributed by atoms with van der Waals surface area (Å²) < 4.78 is 57.2. The number of esters is 4. The van der Waals surface area contributed by atoms with Gasteiger partial charge in [0.1, 0.15) is 35.8 Å². The standard InChI is InChI=1S/C40H55N6O12P/c1-7-9-14-20-52-33(47)22-29(39(50)53-21-15-10-8-2)45-59(51,58-28-16-12-11-13-17-28)54-23-31-34(55-37(48)26(3)4)35(56-38(49)27(5)6)40(24-41,57-31)32-19-18-30-36(42)43-25-44-46(30)32/h11-13,16-19,25-27,29,31,34-35H,7-10,14-15,20-23H2,1-6H3,(H,45,51)(H2,42,43,44)/t29-,31+,34+,35+,40-,59+/m0/s1. The second-order valence-corrected chi connectivity index (χ2v) is 16.3. The van der Waals surface area contributed by atoms with Crippen LogP contribution in [0.25, 0.3) is 5.52 Å². The van der Waals surface area contributed by atoms with Crippen molar-refractivity contribution >= 4 is 43.0 Å². The Labute approximate surface area is 343 Å². The van der Waals surface area contributed by atoms with Gasteiger partial charge >= 0.3 is 31.6 Å². The topological polar surface area (TPSA) is 242 Å². The molecule has 18 nitrogen and oxygen atoms in total. The van der Waals surface area contributed by atoms with Gasteiger partial charge in [-0.2, -0.15) is 15.4 Å². The Balaban J connectivity index is 1.77. The van der Waals surface area contributed by atoms with Crippen LogP contribution in [0.1, 0.15) is 92.2 Å². The molecule has 1 saturated heterocycles. The summed E-state index contributed by atoms with van der Waals surface area (Å²) in [7, 11) is -4.75. The molecule has 0 unspecified atom stereocenters. The van der Waals surface area contributed by atoms with Crippen LogP contribution in [0.3, 0.4) is 0 Å². The highest BCUT2D eigenvalue weighted by atomic mass is 31.2. The molecule has 0 amide bonds. The molecule has 59 heavy (non-hydrogen) atoms. The lowest BCUT2D eigenvalue weighted by molar-refractivity contribution is -0.173. The van der Waals surface area contributed by atoms with E-state index in [2.05, 4.69) is 21.2 Å². The summed E-state index contributed by atoms with van der Waals surface area (Å²) in [6.45, 7) is 9.73. The van der Waals surface area contributed by atoms with E-state index in [4.69, 9.17) is 38.5 Å². The molecule has 0 bridgehead atoms. The van der Waals surface area contributed by atoms with E-state index in [1.165, 1.54) is 28.8 Å². The number of nitrogens with one attached hydrogen (secondary N) is 1. The Bertz CT molecular complexity index is 1970. The number of benzene rings is 1. The number of carbonyl (C=O) groups is 4. The van der Waals surface area contributed by atoms with Gasteiger partial charge in [0.2, 0.25) is 5.60 Å². The van der Waals surface area contributed by atoms with Crippen molar-refractivity contribution in [2.45, 2.75) is 116 Å². The Hall–Kier alpha value is -5.08. The molecule has 2 aromatic heterocycles.